The molecule has 0 bridgehead atoms. The normalized spacial score (nSPS) is 11.2. The Kier molecular flexibility index (Phi) is 3.66. The van der Waals surface area contributed by atoms with Gasteiger partial charge in [-0.25, -0.2) is 0 Å². The van der Waals surface area contributed by atoms with Crippen LogP contribution in [0.1, 0.15) is 5.56 Å². The molecule has 0 unspecified atom stereocenters. The van der Waals surface area contributed by atoms with Crippen molar-refractivity contribution in [2.24, 2.45) is 0 Å². The molecule has 110 valence electrons. The molecule has 0 aliphatic carbocycles. The predicted octanol–water partition coefficient (Wildman–Crippen LogP) is 3.38. The minimum absolute atomic E-state index is 0.111. The molecule has 0 saturated heterocycles. The lowest BCUT2D eigenvalue weighted by Crippen LogP contribution is -2.08. The fourth-order valence-corrected chi connectivity index (χ4v) is 1.56. The Hall–Kier alpha value is -2.84. The van der Waals surface area contributed by atoms with Crippen LogP contribution in [-0.4, -0.2) is 9.91 Å². The van der Waals surface area contributed by atoms with Gasteiger partial charge in [-0.1, -0.05) is 12.1 Å². The molecule has 0 radical (unpaired) electrons. The maximum absolute atomic E-state index is 12.8. The average molecular weight is 299 g/mol. The summed E-state index contributed by atoms with van der Waals surface area (Å²) in [6.45, 7) is 0. The Morgan fingerprint density at radius 1 is 1.19 bits per heavy atom. The first kappa shape index (κ1) is 14.6. The summed E-state index contributed by atoms with van der Waals surface area (Å²) in [4.78, 5) is 13.6. The number of nitrogens with zero attached hydrogens (tertiary/aromatic N) is 2. The standard InChI is InChI=1S/C12H8F3N3O3/c13-12(14,15)7-3-1-2-4-9(7)21-11-8(18(19)20)5-6-10(16)17-11/h1-6H,(H2,16,17). The van der Waals surface area contributed by atoms with Crippen molar-refractivity contribution in [2.45, 2.75) is 6.18 Å². The molecule has 0 amide bonds. The van der Waals surface area contributed by atoms with Crippen LogP contribution in [0.5, 0.6) is 11.6 Å². The highest BCUT2D eigenvalue weighted by Crippen LogP contribution is 2.39. The van der Waals surface area contributed by atoms with E-state index in [1.807, 2.05) is 0 Å². The maximum Gasteiger partial charge on any atom is 0.419 e. The number of nitrogen functional groups attached to an aromatic ring is 1. The van der Waals surface area contributed by atoms with E-state index < -0.39 is 34.0 Å². The van der Waals surface area contributed by atoms with E-state index in [1.54, 1.807) is 0 Å². The van der Waals surface area contributed by atoms with Gasteiger partial charge in [-0.3, -0.25) is 10.1 Å². The summed E-state index contributed by atoms with van der Waals surface area (Å²) in [6, 6.07) is 6.49. The molecule has 1 aromatic heterocycles. The lowest BCUT2D eigenvalue weighted by Gasteiger charge is -2.12. The van der Waals surface area contributed by atoms with Gasteiger partial charge in [0.2, 0.25) is 0 Å². The molecule has 0 spiro atoms. The summed E-state index contributed by atoms with van der Waals surface area (Å²) in [5.74, 6) is -1.30. The molecule has 0 atom stereocenters. The fraction of sp³-hybridized carbons (Fsp3) is 0.0833. The molecule has 9 heteroatoms. The van der Waals surface area contributed by atoms with Gasteiger partial charge in [-0.05, 0) is 18.2 Å². The van der Waals surface area contributed by atoms with E-state index in [0.717, 1.165) is 24.3 Å². The number of nitro groups is 1. The molecule has 2 aromatic rings. The highest BCUT2D eigenvalue weighted by atomic mass is 19.4. The Morgan fingerprint density at radius 2 is 1.86 bits per heavy atom. The lowest BCUT2D eigenvalue weighted by molar-refractivity contribution is -0.386. The Morgan fingerprint density at radius 3 is 2.48 bits per heavy atom. The number of rotatable bonds is 3. The third-order valence-corrected chi connectivity index (χ3v) is 2.46. The summed E-state index contributed by atoms with van der Waals surface area (Å²) >= 11 is 0. The Balaban J connectivity index is 2.49. The molecule has 0 saturated carbocycles. The van der Waals surface area contributed by atoms with Crippen LogP contribution in [0, 0.1) is 10.1 Å². The van der Waals surface area contributed by atoms with Gasteiger partial charge in [-0.15, -0.1) is 0 Å². The first-order chi connectivity index (χ1) is 9.79. The number of pyridine rings is 1. The van der Waals surface area contributed by atoms with Crippen molar-refractivity contribution in [1.29, 1.82) is 0 Å². The van der Waals surface area contributed by atoms with Crippen LogP contribution in [0.4, 0.5) is 24.7 Å². The number of aromatic nitrogens is 1. The smallest absolute Gasteiger partial charge is 0.419 e. The Labute approximate surface area is 116 Å². The van der Waals surface area contributed by atoms with Crippen LogP contribution in [0.25, 0.3) is 0 Å². The van der Waals surface area contributed by atoms with Crippen molar-refractivity contribution in [3.05, 3.63) is 52.1 Å². The van der Waals surface area contributed by atoms with E-state index in [1.165, 1.54) is 12.1 Å². The molecule has 0 aliphatic rings. The molecule has 1 heterocycles. The van der Waals surface area contributed by atoms with Crippen molar-refractivity contribution >= 4 is 11.5 Å². The molecule has 6 nitrogen and oxygen atoms in total. The zero-order valence-electron chi connectivity index (χ0n) is 10.3. The van der Waals surface area contributed by atoms with Gasteiger partial charge in [0.05, 0.1) is 10.5 Å². The SMILES string of the molecule is Nc1ccc([N+](=O)[O-])c(Oc2ccccc2C(F)(F)F)n1. The van der Waals surface area contributed by atoms with E-state index in [4.69, 9.17) is 10.5 Å². The van der Waals surface area contributed by atoms with E-state index in [-0.39, 0.29) is 5.82 Å². The second-order valence-corrected chi connectivity index (χ2v) is 3.91. The van der Waals surface area contributed by atoms with Gasteiger partial charge in [0.25, 0.3) is 0 Å². The maximum atomic E-state index is 12.8. The number of hydrogen-bond acceptors (Lipinski definition) is 5. The monoisotopic (exact) mass is 299 g/mol. The van der Waals surface area contributed by atoms with Crippen molar-refractivity contribution < 1.29 is 22.8 Å². The first-order valence-corrected chi connectivity index (χ1v) is 5.54. The summed E-state index contributed by atoms with van der Waals surface area (Å²) < 4.78 is 43.4. The number of nitrogens with two attached hydrogens (primary N) is 1. The molecular weight excluding hydrogens is 291 g/mol. The van der Waals surface area contributed by atoms with Crippen molar-refractivity contribution in [3.8, 4) is 11.6 Å². The van der Waals surface area contributed by atoms with Crippen LogP contribution in [-0.2, 0) is 6.18 Å². The molecule has 1 aromatic carbocycles. The number of hydrogen-bond donors (Lipinski definition) is 1. The second kappa shape index (κ2) is 5.27. The third-order valence-electron chi connectivity index (χ3n) is 2.46. The number of ether oxygens (including phenoxy) is 1. The van der Waals surface area contributed by atoms with Gasteiger partial charge in [0.15, 0.2) is 0 Å². The van der Waals surface area contributed by atoms with Crippen molar-refractivity contribution in [3.63, 3.8) is 0 Å². The van der Waals surface area contributed by atoms with Crippen LogP contribution in [0.2, 0.25) is 0 Å². The van der Waals surface area contributed by atoms with Gasteiger partial charge in [0, 0.05) is 6.07 Å². The van der Waals surface area contributed by atoms with Crippen LogP contribution in [0.3, 0.4) is 0 Å². The zero-order chi connectivity index (χ0) is 15.6. The summed E-state index contributed by atoms with van der Waals surface area (Å²) in [5, 5.41) is 10.8. The van der Waals surface area contributed by atoms with Crippen LogP contribution in [0.15, 0.2) is 36.4 Å². The largest absolute Gasteiger partial charge is 0.433 e. The summed E-state index contributed by atoms with van der Waals surface area (Å²) in [7, 11) is 0. The first-order valence-electron chi connectivity index (χ1n) is 5.54. The van der Waals surface area contributed by atoms with E-state index in [2.05, 4.69) is 4.98 Å². The molecule has 0 fully saturated rings. The third kappa shape index (κ3) is 3.19. The van der Waals surface area contributed by atoms with Gasteiger partial charge in [-0.2, -0.15) is 18.2 Å². The van der Waals surface area contributed by atoms with Gasteiger partial charge < -0.3 is 10.5 Å². The minimum Gasteiger partial charge on any atom is -0.433 e. The second-order valence-electron chi connectivity index (χ2n) is 3.91. The number of anilines is 1. The molecule has 0 aliphatic heterocycles. The molecule has 2 N–H and O–H groups in total. The average Bonchev–Trinajstić information content (AvgIpc) is 2.37. The quantitative estimate of drug-likeness (QED) is 0.693. The minimum atomic E-state index is -4.66. The topological polar surface area (TPSA) is 91.3 Å². The Bertz CT molecular complexity index is 689. The van der Waals surface area contributed by atoms with Crippen LogP contribution >= 0.6 is 0 Å². The van der Waals surface area contributed by atoms with Gasteiger partial charge in [0.1, 0.15) is 11.6 Å². The zero-order valence-corrected chi connectivity index (χ0v) is 10.3. The van der Waals surface area contributed by atoms with E-state index in [0.29, 0.717) is 0 Å². The highest BCUT2D eigenvalue weighted by Gasteiger charge is 2.35. The number of benzene rings is 1. The summed E-state index contributed by atoms with van der Waals surface area (Å²) in [6.07, 6.45) is -4.66. The lowest BCUT2D eigenvalue weighted by atomic mass is 10.2. The predicted molar refractivity (Wildman–Crippen MR) is 66.8 cm³/mol. The van der Waals surface area contributed by atoms with Crippen molar-refractivity contribution in [2.75, 3.05) is 5.73 Å². The number of alkyl halides is 3. The number of para-hydroxylation sites is 1. The molecule has 2 rings (SSSR count). The van der Waals surface area contributed by atoms with E-state index in [9.17, 15) is 23.3 Å². The number of halogens is 3. The molecular formula is C12H8F3N3O3. The summed E-state index contributed by atoms with van der Waals surface area (Å²) in [5.41, 5.74) is 3.72. The van der Waals surface area contributed by atoms with Crippen LogP contribution < -0.4 is 10.5 Å². The van der Waals surface area contributed by atoms with Gasteiger partial charge >= 0.3 is 17.7 Å². The highest BCUT2D eigenvalue weighted by molar-refractivity contribution is 5.49. The van der Waals surface area contributed by atoms with E-state index >= 15 is 0 Å². The molecule has 21 heavy (non-hydrogen) atoms. The fourth-order valence-electron chi connectivity index (χ4n) is 1.56. The van der Waals surface area contributed by atoms with Crippen molar-refractivity contribution in [1.82, 2.24) is 4.98 Å².